The van der Waals surface area contributed by atoms with Crippen LogP contribution in [0, 0.1) is 0 Å². The van der Waals surface area contributed by atoms with Crippen molar-refractivity contribution < 1.29 is 4.48 Å². The molecule has 1 fully saturated rings. The van der Waals surface area contributed by atoms with E-state index in [-0.39, 0.29) is 0 Å². The lowest BCUT2D eigenvalue weighted by Crippen LogP contribution is -2.48. The van der Waals surface area contributed by atoms with Crippen molar-refractivity contribution in [2.24, 2.45) is 0 Å². The molecule has 0 aromatic heterocycles. The zero-order valence-corrected chi connectivity index (χ0v) is 9.47. The monoisotopic (exact) mass is 185 g/mol. The van der Waals surface area contributed by atoms with Crippen LogP contribution in [0.3, 0.4) is 0 Å². The van der Waals surface area contributed by atoms with Gasteiger partial charge in [0.2, 0.25) is 0 Å². The summed E-state index contributed by atoms with van der Waals surface area (Å²) in [4.78, 5) is 0. The van der Waals surface area contributed by atoms with Gasteiger partial charge in [-0.1, -0.05) is 13.3 Å². The van der Waals surface area contributed by atoms with Crippen molar-refractivity contribution in [3.8, 4) is 0 Å². The average Bonchev–Trinajstić information content (AvgIpc) is 2.52. The third kappa shape index (κ3) is 4.10. The van der Waals surface area contributed by atoms with Gasteiger partial charge in [-0.15, -0.1) is 0 Å². The Morgan fingerprint density at radius 1 is 1.38 bits per heavy atom. The van der Waals surface area contributed by atoms with Crippen molar-refractivity contribution >= 4 is 0 Å². The SMILES string of the molecule is CCCC[N+](C)(C)C[C@@H]1CCCN1. The topological polar surface area (TPSA) is 12.0 Å². The Balaban J connectivity index is 2.23. The Kier molecular flexibility index (Phi) is 4.20. The summed E-state index contributed by atoms with van der Waals surface area (Å²) in [7, 11) is 4.71. The lowest BCUT2D eigenvalue weighted by Gasteiger charge is -2.32. The third-order valence-corrected chi connectivity index (χ3v) is 2.99. The molecule has 0 amide bonds. The summed E-state index contributed by atoms with van der Waals surface area (Å²) in [6.45, 7) is 6.14. The number of likely N-dealkylation sites (N-methyl/N-ethyl adjacent to an activating group) is 1. The molecule has 1 heterocycles. The summed E-state index contributed by atoms with van der Waals surface area (Å²) in [5, 5.41) is 3.57. The Bertz CT molecular complexity index is 137. The van der Waals surface area contributed by atoms with Crippen molar-refractivity contribution in [1.29, 1.82) is 0 Å². The van der Waals surface area contributed by atoms with Crippen LogP contribution < -0.4 is 5.32 Å². The number of nitrogens with zero attached hydrogens (tertiary/aromatic N) is 1. The molecule has 0 spiro atoms. The van der Waals surface area contributed by atoms with Gasteiger partial charge in [-0.25, -0.2) is 0 Å². The molecule has 0 bridgehead atoms. The molecular formula is C11H25N2+. The molecule has 0 saturated carbocycles. The van der Waals surface area contributed by atoms with Gasteiger partial charge in [0.25, 0.3) is 0 Å². The van der Waals surface area contributed by atoms with E-state index < -0.39 is 0 Å². The number of rotatable bonds is 5. The first-order valence-electron chi connectivity index (χ1n) is 5.69. The van der Waals surface area contributed by atoms with E-state index in [1.807, 2.05) is 0 Å². The van der Waals surface area contributed by atoms with E-state index in [0.717, 1.165) is 6.04 Å². The molecule has 1 aliphatic heterocycles. The number of hydrogen-bond acceptors (Lipinski definition) is 1. The average molecular weight is 185 g/mol. The van der Waals surface area contributed by atoms with Gasteiger partial charge in [0.05, 0.1) is 33.2 Å². The van der Waals surface area contributed by atoms with E-state index >= 15 is 0 Å². The fourth-order valence-corrected chi connectivity index (χ4v) is 2.19. The van der Waals surface area contributed by atoms with Crippen LogP contribution in [-0.4, -0.2) is 44.3 Å². The zero-order chi connectivity index (χ0) is 9.73. The van der Waals surface area contributed by atoms with Gasteiger partial charge < -0.3 is 9.80 Å². The Hall–Kier alpha value is -0.0800. The van der Waals surface area contributed by atoms with Crippen LogP contribution in [0.5, 0.6) is 0 Å². The smallest absolute Gasteiger partial charge is 0.0938 e. The Morgan fingerprint density at radius 2 is 2.15 bits per heavy atom. The predicted octanol–water partition coefficient (Wildman–Crippen LogP) is 1.61. The first-order valence-corrected chi connectivity index (χ1v) is 5.69. The molecule has 2 heteroatoms. The standard InChI is InChI=1S/C11H25N2/c1-4-5-9-13(2,3)10-11-7-6-8-12-11/h11-12H,4-10H2,1-3H3/q+1/t11-/m0/s1. The van der Waals surface area contributed by atoms with Gasteiger partial charge in [-0.2, -0.15) is 0 Å². The van der Waals surface area contributed by atoms with Crippen LogP contribution in [0.15, 0.2) is 0 Å². The summed E-state index contributed by atoms with van der Waals surface area (Å²) in [6, 6.07) is 0.784. The molecule has 1 aliphatic rings. The third-order valence-electron chi connectivity index (χ3n) is 2.99. The van der Waals surface area contributed by atoms with E-state index in [1.165, 1.54) is 49.8 Å². The second-order valence-corrected chi connectivity index (χ2v) is 4.99. The second kappa shape index (κ2) is 4.97. The van der Waals surface area contributed by atoms with Gasteiger partial charge in [0, 0.05) is 0 Å². The highest BCUT2D eigenvalue weighted by atomic mass is 15.3. The Labute approximate surface area is 82.9 Å². The van der Waals surface area contributed by atoms with Crippen molar-refractivity contribution in [3.05, 3.63) is 0 Å². The lowest BCUT2D eigenvalue weighted by atomic mass is 10.2. The molecule has 1 N–H and O–H groups in total. The quantitative estimate of drug-likeness (QED) is 0.642. The van der Waals surface area contributed by atoms with E-state index in [2.05, 4.69) is 26.3 Å². The van der Waals surface area contributed by atoms with Gasteiger partial charge in [-0.05, 0) is 25.8 Å². The maximum Gasteiger partial charge on any atom is 0.0938 e. The van der Waals surface area contributed by atoms with Crippen LogP contribution in [0.25, 0.3) is 0 Å². The molecule has 1 saturated heterocycles. The fourth-order valence-electron chi connectivity index (χ4n) is 2.19. The van der Waals surface area contributed by atoms with Crippen LogP contribution in [0.2, 0.25) is 0 Å². The minimum atomic E-state index is 0.784. The van der Waals surface area contributed by atoms with E-state index in [0.29, 0.717) is 0 Å². The molecule has 0 aromatic rings. The van der Waals surface area contributed by atoms with Crippen LogP contribution in [0.1, 0.15) is 32.6 Å². The van der Waals surface area contributed by atoms with Gasteiger partial charge in [0.1, 0.15) is 0 Å². The molecule has 2 nitrogen and oxygen atoms in total. The second-order valence-electron chi connectivity index (χ2n) is 4.99. The highest BCUT2D eigenvalue weighted by molar-refractivity contribution is 4.73. The van der Waals surface area contributed by atoms with Gasteiger partial charge >= 0.3 is 0 Å². The Morgan fingerprint density at radius 3 is 2.69 bits per heavy atom. The maximum absolute atomic E-state index is 3.57. The van der Waals surface area contributed by atoms with Gasteiger partial charge in [-0.3, -0.25) is 0 Å². The zero-order valence-electron chi connectivity index (χ0n) is 9.47. The summed E-state index contributed by atoms with van der Waals surface area (Å²) in [5.41, 5.74) is 0. The highest BCUT2D eigenvalue weighted by Crippen LogP contribution is 2.10. The summed E-state index contributed by atoms with van der Waals surface area (Å²) in [5.74, 6) is 0. The van der Waals surface area contributed by atoms with Gasteiger partial charge in [0.15, 0.2) is 0 Å². The molecule has 78 valence electrons. The normalized spacial score (nSPS) is 23.8. The highest BCUT2D eigenvalue weighted by Gasteiger charge is 2.23. The number of unbranched alkanes of at least 4 members (excludes halogenated alkanes) is 1. The predicted molar refractivity (Wildman–Crippen MR) is 57.8 cm³/mol. The molecule has 1 rings (SSSR count). The van der Waals surface area contributed by atoms with Crippen LogP contribution >= 0.6 is 0 Å². The van der Waals surface area contributed by atoms with Crippen LogP contribution in [0.4, 0.5) is 0 Å². The molecule has 0 radical (unpaired) electrons. The molecular weight excluding hydrogens is 160 g/mol. The molecule has 0 unspecified atom stereocenters. The summed E-state index contributed by atoms with van der Waals surface area (Å²) < 4.78 is 1.19. The summed E-state index contributed by atoms with van der Waals surface area (Å²) >= 11 is 0. The fraction of sp³-hybridized carbons (Fsp3) is 1.00. The van der Waals surface area contributed by atoms with Crippen LogP contribution in [-0.2, 0) is 0 Å². The number of quaternary nitrogens is 1. The number of hydrogen-bond donors (Lipinski definition) is 1. The van der Waals surface area contributed by atoms with Crippen molar-refractivity contribution in [1.82, 2.24) is 5.32 Å². The first-order chi connectivity index (χ1) is 6.14. The van der Waals surface area contributed by atoms with E-state index in [4.69, 9.17) is 0 Å². The lowest BCUT2D eigenvalue weighted by molar-refractivity contribution is -0.891. The van der Waals surface area contributed by atoms with E-state index in [1.54, 1.807) is 0 Å². The molecule has 0 aliphatic carbocycles. The van der Waals surface area contributed by atoms with Crippen molar-refractivity contribution in [3.63, 3.8) is 0 Å². The number of nitrogens with one attached hydrogen (secondary N) is 1. The first kappa shape index (κ1) is 11.0. The summed E-state index contributed by atoms with van der Waals surface area (Å²) in [6.07, 6.45) is 5.44. The van der Waals surface area contributed by atoms with Crippen molar-refractivity contribution in [2.75, 3.05) is 33.7 Å². The van der Waals surface area contributed by atoms with E-state index in [9.17, 15) is 0 Å². The minimum Gasteiger partial charge on any atom is -0.327 e. The van der Waals surface area contributed by atoms with Crippen molar-refractivity contribution in [2.45, 2.75) is 38.6 Å². The molecule has 13 heavy (non-hydrogen) atoms. The largest absolute Gasteiger partial charge is 0.327 e. The minimum absolute atomic E-state index is 0.784. The molecule has 1 atom stereocenters. The molecule has 0 aromatic carbocycles. The maximum atomic E-state index is 3.57.